The minimum Gasteiger partial charge on any atom is -0.377 e. The van der Waals surface area contributed by atoms with Gasteiger partial charge in [0.25, 0.3) is 5.91 Å². The smallest absolute Gasteiger partial charge is 0.267 e. The van der Waals surface area contributed by atoms with Gasteiger partial charge in [0.1, 0.15) is 4.88 Å². The molecule has 6 nitrogen and oxygen atoms in total. The lowest BCUT2D eigenvalue weighted by Gasteiger charge is -2.35. The van der Waals surface area contributed by atoms with Crippen LogP contribution in [0.15, 0.2) is 42.9 Å². The molecule has 1 N–H and O–H groups in total. The average molecular weight is 342 g/mol. The second-order valence-electron chi connectivity index (χ2n) is 5.83. The van der Waals surface area contributed by atoms with Crippen molar-refractivity contribution in [3.8, 4) is 0 Å². The van der Waals surface area contributed by atoms with Crippen LogP contribution in [-0.2, 0) is 4.74 Å². The SMILES string of the molecule is C[C@H]1COCCN1c1ccc(NC(=O)c2cn3ccnc3s2)cc1. The molecular formula is C17H18N4O2S. The minimum absolute atomic E-state index is 0.113. The third-order valence-corrected chi connectivity index (χ3v) is 5.15. The van der Waals surface area contributed by atoms with E-state index in [1.165, 1.54) is 11.3 Å². The molecule has 4 rings (SSSR count). The topological polar surface area (TPSA) is 58.9 Å². The lowest BCUT2D eigenvalue weighted by molar-refractivity contribution is 0.0989. The number of morpholine rings is 1. The summed E-state index contributed by atoms with van der Waals surface area (Å²) in [6, 6.07) is 8.32. The Morgan fingerprint density at radius 1 is 1.38 bits per heavy atom. The van der Waals surface area contributed by atoms with E-state index in [1.54, 1.807) is 12.4 Å². The number of aromatic nitrogens is 2. The Morgan fingerprint density at radius 2 is 2.21 bits per heavy atom. The summed E-state index contributed by atoms with van der Waals surface area (Å²) in [5, 5.41) is 2.94. The average Bonchev–Trinajstić information content (AvgIpc) is 3.18. The highest BCUT2D eigenvalue weighted by atomic mass is 32.1. The summed E-state index contributed by atoms with van der Waals surface area (Å²) in [7, 11) is 0. The zero-order valence-electron chi connectivity index (χ0n) is 13.3. The predicted octanol–water partition coefficient (Wildman–Crippen LogP) is 2.87. The first-order valence-electron chi connectivity index (χ1n) is 7.89. The van der Waals surface area contributed by atoms with Gasteiger partial charge in [-0.05, 0) is 31.2 Å². The number of amides is 1. The first kappa shape index (κ1) is 15.2. The van der Waals surface area contributed by atoms with Gasteiger partial charge in [0.2, 0.25) is 0 Å². The van der Waals surface area contributed by atoms with Crippen LogP contribution in [0.3, 0.4) is 0 Å². The molecule has 1 aliphatic heterocycles. The van der Waals surface area contributed by atoms with E-state index >= 15 is 0 Å². The molecule has 0 radical (unpaired) electrons. The second kappa shape index (κ2) is 6.26. The normalized spacial score (nSPS) is 18.0. The van der Waals surface area contributed by atoms with Crippen LogP contribution in [0.1, 0.15) is 16.6 Å². The predicted molar refractivity (Wildman–Crippen MR) is 95.1 cm³/mol. The highest BCUT2D eigenvalue weighted by Gasteiger charge is 2.19. The third-order valence-electron chi connectivity index (χ3n) is 4.14. The van der Waals surface area contributed by atoms with Crippen LogP contribution in [0.2, 0.25) is 0 Å². The molecular weight excluding hydrogens is 324 g/mol. The van der Waals surface area contributed by atoms with Crippen LogP contribution in [-0.4, -0.2) is 41.1 Å². The third kappa shape index (κ3) is 2.88. The number of nitrogens with zero attached hydrogens (tertiary/aromatic N) is 3. The van der Waals surface area contributed by atoms with Gasteiger partial charge in [-0.2, -0.15) is 0 Å². The molecule has 24 heavy (non-hydrogen) atoms. The van der Waals surface area contributed by atoms with Crippen molar-refractivity contribution >= 4 is 33.6 Å². The van der Waals surface area contributed by atoms with Crippen molar-refractivity contribution in [3.63, 3.8) is 0 Å². The number of carbonyl (C=O) groups is 1. The van der Waals surface area contributed by atoms with Crippen LogP contribution < -0.4 is 10.2 Å². The van der Waals surface area contributed by atoms with E-state index < -0.39 is 0 Å². The van der Waals surface area contributed by atoms with Crippen molar-refractivity contribution in [2.75, 3.05) is 30.0 Å². The number of hydrogen-bond donors (Lipinski definition) is 1. The van der Waals surface area contributed by atoms with Gasteiger partial charge in [-0.15, -0.1) is 0 Å². The standard InChI is InChI=1S/C17H18N4O2S/c1-12-11-23-9-8-21(12)14-4-2-13(3-5-14)19-16(22)15-10-20-7-6-18-17(20)24-15/h2-7,10,12H,8-9,11H2,1H3,(H,19,22)/t12-/m0/s1. The van der Waals surface area contributed by atoms with Gasteiger partial charge in [-0.3, -0.25) is 9.20 Å². The maximum absolute atomic E-state index is 12.4. The van der Waals surface area contributed by atoms with Gasteiger partial charge in [0.05, 0.1) is 13.2 Å². The summed E-state index contributed by atoms with van der Waals surface area (Å²) < 4.78 is 7.32. The molecule has 0 spiro atoms. The van der Waals surface area contributed by atoms with E-state index in [0.29, 0.717) is 10.9 Å². The van der Waals surface area contributed by atoms with Crippen molar-refractivity contribution in [2.45, 2.75) is 13.0 Å². The zero-order chi connectivity index (χ0) is 16.5. The fraction of sp³-hybridized carbons (Fsp3) is 0.294. The number of imidazole rings is 1. The number of benzene rings is 1. The number of nitrogens with one attached hydrogen (secondary N) is 1. The molecule has 0 unspecified atom stereocenters. The Labute approximate surface area is 143 Å². The second-order valence-corrected chi connectivity index (χ2v) is 6.84. The number of anilines is 2. The molecule has 1 atom stereocenters. The highest BCUT2D eigenvalue weighted by Crippen LogP contribution is 2.23. The number of ether oxygens (including phenoxy) is 1. The summed E-state index contributed by atoms with van der Waals surface area (Å²) in [6.07, 6.45) is 5.35. The van der Waals surface area contributed by atoms with Crippen LogP contribution in [0.4, 0.5) is 11.4 Å². The Bertz CT molecular complexity index is 826. The van der Waals surface area contributed by atoms with Crippen molar-refractivity contribution in [1.29, 1.82) is 0 Å². The van der Waals surface area contributed by atoms with E-state index in [4.69, 9.17) is 4.74 Å². The fourth-order valence-corrected chi connectivity index (χ4v) is 3.71. The van der Waals surface area contributed by atoms with E-state index in [9.17, 15) is 4.79 Å². The van der Waals surface area contributed by atoms with Gasteiger partial charge in [-0.1, -0.05) is 11.3 Å². The highest BCUT2D eigenvalue weighted by molar-refractivity contribution is 7.18. The minimum atomic E-state index is -0.113. The molecule has 3 aromatic rings. The van der Waals surface area contributed by atoms with Crippen LogP contribution in [0, 0.1) is 0 Å². The van der Waals surface area contributed by atoms with Gasteiger partial charge in [0, 0.05) is 42.6 Å². The van der Waals surface area contributed by atoms with Crippen LogP contribution in [0.25, 0.3) is 4.96 Å². The maximum atomic E-state index is 12.4. The summed E-state index contributed by atoms with van der Waals surface area (Å²) in [5.41, 5.74) is 1.94. The molecule has 1 saturated heterocycles. The molecule has 0 bridgehead atoms. The van der Waals surface area contributed by atoms with Crippen LogP contribution in [0.5, 0.6) is 0 Å². The fourth-order valence-electron chi connectivity index (χ4n) is 2.87. The lowest BCUT2D eigenvalue weighted by Crippen LogP contribution is -2.43. The Kier molecular flexibility index (Phi) is 3.95. The van der Waals surface area contributed by atoms with Gasteiger partial charge in [0.15, 0.2) is 4.96 Å². The molecule has 7 heteroatoms. The molecule has 2 aromatic heterocycles. The number of hydrogen-bond acceptors (Lipinski definition) is 5. The molecule has 3 heterocycles. The molecule has 1 amide bonds. The Morgan fingerprint density at radius 3 is 2.96 bits per heavy atom. The first-order chi connectivity index (χ1) is 11.7. The summed E-state index contributed by atoms with van der Waals surface area (Å²) >= 11 is 1.38. The number of carbonyl (C=O) groups excluding carboxylic acids is 1. The number of fused-ring (bicyclic) bond motifs is 1. The van der Waals surface area contributed by atoms with Gasteiger partial charge in [-0.25, -0.2) is 4.98 Å². The van der Waals surface area contributed by atoms with E-state index in [0.717, 1.165) is 36.1 Å². The summed E-state index contributed by atoms with van der Waals surface area (Å²) in [4.78, 5) is 20.3. The van der Waals surface area contributed by atoms with Crippen molar-refractivity contribution in [2.24, 2.45) is 0 Å². The molecule has 1 aromatic carbocycles. The van der Waals surface area contributed by atoms with Gasteiger partial charge < -0.3 is 15.0 Å². The summed E-state index contributed by atoms with van der Waals surface area (Å²) in [5.74, 6) is -0.113. The monoisotopic (exact) mass is 342 g/mol. The largest absolute Gasteiger partial charge is 0.377 e. The maximum Gasteiger partial charge on any atom is 0.267 e. The molecule has 124 valence electrons. The van der Waals surface area contributed by atoms with Crippen LogP contribution >= 0.6 is 11.3 Å². The van der Waals surface area contributed by atoms with Gasteiger partial charge >= 0.3 is 0 Å². The number of thiazole rings is 1. The number of rotatable bonds is 3. The zero-order valence-corrected chi connectivity index (χ0v) is 14.1. The molecule has 1 aliphatic rings. The van der Waals surface area contributed by atoms with E-state index in [-0.39, 0.29) is 5.91 Å². The van der Waals surface area contributed by atoms with Crippen molar-refractivity contribution < 1.29 is 9.53 Å². The quantitative estimate of drug-likeness (QED) is 0.795. The molecule has 0 saturated carbocycles. The Hall–Kier alpha value is -2.38. The van der Waals surface area contributed by atoms with Crippen molar-refractivity contribution in [3.05, 3.63) is 47.7 Å². The van der Waals surface area contributed by atoms with E-state index in [2.05, 4.69) is 22.1 Å². The van der Waals surface area contributed by atoms with Crippen molar-refractivity contribution in [1.82, 2.24) is 9.38 Å². The lowest BCUT2D eigenvalue weighted by atomic mass is 10.2. The summed E-state index contributed by atoms with van der Waals surface area (Å²) in [6.45, 7) is 4.55. The first-order valence-corrected chi connectivity index (χ1v) is 8.71. The molecule has 1 fully saturated rings. The van der Waals surface area contributed by atoms with E-state index in [1.807, 2.05) is 34.9 Å². The molecule has 0 aliphatic carbocycles. The Balaban J connectivity index is 1.46.